The van der Waals surface area contributed by atoms with Crippen LogP contribution in [-0.4, -0.2) is 15.0 Å². The molecular weight excluding hydrogens is 288 g/mol. The highest BCUT2D eigenvalue weighted by molar-refractivity contribution is 5.33. The van der Waals surface area contributed by atoms with E-state index < -0.39 is 0 Å². The molecule has 0 aliphatic heterocycles. The van der Waals surface area contributed by atoms with Crippen LogP contribution in [0.5, 0.6) is 0 Å². The maximum atomic E-state index is 12.3. The van der Waals surface area contributed by atoms with Gasteiger partial charge in [-0.05, 0) is 24.1 Å². The largest absolute Gasteiger partial charge is 0.352 e. The summed E-state index contributed by atoms with van der Waals surface area (Å²) in [6.45, 7) is 2.43. The zero-order valence-electron chi connectivity index (χ0n) is 12.9. The minimum absolute atomic E-state index is 0.102. The number of H-pyrrole nitrogens is 1. The van der Waals surface area contributed by atoms with E-state index in [9.17, 15) is 4.79 Å². The first kappa shape index (κ1) is 15.0. The molecule has 0 saturated carbocycles. The Balaban J connectivity index is 1.76. The zero-order chi connectivity index (χ0) is 16.1. The van der Waals surface area contributed by atoms with E-state index in [0.717, 1.165) is 16.8 Å². The average Bonchev–Trinajstić information content (AvgIpc) is 2.58. The molecule has 2 aromatic heterocycles. The quantitative estimate of drug-likeness (QED) is 0.760. The van der Waals surface area contributed by atoms with Crippen molar-refractivity contribution in [3.05, 3.63) is 87.6 Å². The molecule has 0 radical (unpaired) electrons. The Hall–Kier alpha value is -2.95. The van der Waals surface area contributed by atoms with Crippen molar-refractivity contribution in [1.82, 2.24) is 15.0 Å². The van der Waals surface area contributed by atoms with Crippen LogP contribution < -0.4 is 10.9 Å². The molecule has 116 valence electrons. The SMILES string of the molecule is Cc1nc(NCc2cccnc2)[nH]c(=O)c1Cc1ccccc1. The number of nitrogens with zero attached hydrogens (tertiary/aromatic N) is 2. The topological polar surface area (TPSA) is 70.7 Å². The third-order valence-corrected chi connectivity index (χ3v) is 3.63. The molecule has 0 fully saturated rings. The maximum absolute atomic E-state index is 12.3. The first-order valence-electron chi connectivity index (χ1n) is 7.49. The van der Waals surface area contributed by atoms with Crippen LogP contribution in [0.4, 0.5) is 5.95 Å². The Labute approximate surface area is 134 Å². The second kappa shape index (κ2) is 6.87. The predicted molar refractivity (Wildman–Crippen MR) is 90.4 cm³/mol. The second-order valence-corrected chi connectivity index (χ2v) is 5.36. The van der Waals surface area contributed by atoms with Gasteiger partial charge in [-0.1, -0.05) is 36.4 Å². The van der Waals surface area contributed by atoms with Crippen LogP contribution in [0.25, 0.3) is 0 Å². The van der Waals surface area contributed by atoms with E-state index in [-0.39, 0.29) is 5.56 Å². The molecule has 5 nitrogen and oxygen atoms in total. The minimum Gasteiger partial charge on any atom is -0.352 e. The van der Waals surface area contributed by atoms with Crippen LogP contribution >= 0.6 is 0 Å². The summed E-state index contributed by atoms with van der Waals surface area (Å²) in [7, 11) is 0. The van der Waals surface area contributed by atoms with Gasteiger partial charge in [-0.3, -0.25) is 14.8 Å². The fraction of sp³-hybridized carbons (Fsp3) is 0.167. The van der Waals surface area contributed by atoms with Gasteiger partial charge in [0.1, 0.15) is 0 Å². The van der Waals surface area contributed by atoms with E-state index in [1.807, 2.05) is 49.4 Å². The van der Waals surface area contributed by atoms with Crippen LogP contribution in [0, 0.1) is 6.92 Å². The Kier molecular flexibility index (Phi) is 4.47. The van der Waals surface area contributed by atoms with E-state index in [4.69, 9.17) is 0 Å². The van der Waals surface area contributed by atoms with Crippen molar-refractivity contribution in [2.45, 2.75) is 19.9 Å². The van der Waals surface area contributed by atoms with Crippen molar-refractivity contribution in [2.75, 3.05) is 5.32 Å². The first-order valence-corrected chi connectivity index (χ1v) is 7.49. The monoisotopic (exact) mass is 306 g/mol. The fourth-order valence-electron chi connectivity index (χ4n) is 2.39. The van der Waals surface area contributed by atoms with Crippen molar-refractivity contribution in [1.29, 1.82) is 0 Å². The molecule has 0 aliphatic carbocycles. The summed E-state index contributed by atoms with van der Waals surface area (Å²) in [5.74, 6) is 0.480. The molecule has 5 heteroatoms. The van der Waals surface area contributed by atoms with Gasteiger partial charge in [-0.15, -0.1) is 0 Å². The van der Waals surface area contributed by atoms with Crippen LogP contribution in [0.3, 0.4) is 0 Å². The van der Waals surface area contributed by atoms with Crippen molar-refractivity contribution in [2.24, 2.45) is 0 Å². The Morgan fingerprint density at radius 2 is 1.87 bits per heavy atom. The van der Waals surface area contributed by atoms with Crippen molar-refractivity contribution >= 4 is 5.95 Å². The van der Waals surface area contributed by atoms with Gasteiger partial charge >= 0.3 is 0 Å². The molecule has 3 rings (SSSR count). The number of anilines is 1. The lowest BCUT2D eigenvalue weighted by molar-refractivity contribution is 0.955. The highest BCUT2D eigenvalue weighted by Crippen LogP contribution is 2.10. The Morgan fingerprint density at radius 3 is 2.57 bits per heavy atom. The fourth-order valence-corrected chi connectivity index (χ4v) is 2.39. The van der Waals surface area contributed by atoms with Gasteiger partial charge in [-0.2, -0.15) is 0 Å². The molecule has 3 aromatic rings. The maximum Gasteiger partial charge on any atom is 0.256 e. The molecule has 23 heavy (non-hydrogen) atoms. The van der Waals surface area contributed by atoms with Crippen molar-refractivity contribution < 1.29 is 0 Å². The molecular formula is C18H18N4O. The van der Waals surface area contributed by atoms with E-state index in [1.165, 1.54) is 0 Å². The summed E-state index contributed by atoms with van der Waals surface area (Å²) in [6.07, 6.45) is 4.09. The average molecular weight is 306 g/mol. The van der Waals surface area contributed by atoms with Crippen LogP contribution in [0.15, 0.2) is 59.7 Å². The molecule has 0 saturated heterocycles. The summed E-state index contributed by atoms with van der Waals surface area (Å²) < 4.78 is 0. The van der Waals surface area contributed by atoms with E-state index in [2.05, 4.69) is 20.3 Å². The molecule has 2 N–H and O–H groups in total. The highest BCUT2D eigenvalue weighted by Gasteiger charge is 2.09. The van der Waals surface area contributed by atoms with E-state index >= 15 is 0 Å². The zero-order valence-corrected chi connectivity index (χ0v) is 12.9. The molecule has 1 aromatic carbocycles. The lowest BCUT2D eigenvalue weighted by Crippen LogP contribution is -2.19. The van der Waals surface area contributed by atoms with Crippen LogP contribution in [0.1, 0.15) is 22.4 Å². The molecule has 0 unspecified atom stereocenters. The van der Waals surface area contributed by atoms with Gasteiger partial charge in [0.05, 0.1) is 5.69 Å². The second-order valence-electron chi connectivity index (χ2n) is 5.36. The summed E-state index contributed by atoms with van der Waals surface area (Å²) in [4.78, 5) is 23.7. The summed E-state index contributed by atoms with van der Waals surface area (Å²) in [5, 5.41) is 3.13. The van der Waals surface area contributed by atoms with Crippen LogP contribution in [0.2, 0.25) is 0 Å². The van der Waals surface area contributed by atoms with Gasteiger partial charge in [0.2, 0.25) is 5.95 Å². The van der Waals surface area contributed by atoms with Gasteiger partial charge in [0, 0.05) is 30.9 Å². The summed E-state index contributed by atoms with van der Waals surface area (Å²) in [6, 6.07) is 13.8. The van der Waals surface area contributed by atoms with Gasteiger partial charge in [0.25, 0.3) is 5.56 Å². The summed E-state index contributed by atoms with van der Waals surface area (Å²) >= 11 is 0. The lowest BCUT2D eigenvalue weighted by Gasteiger charge is -2.09. The lowest BCUT2D eigenvalue weighted by atomic mass is 10.1. The number of hydrogen-bond donors (Lipinski definition) is 2. The number of aryl methyl sites for hydroxylation is 1. The molecule has 0 bridgehead atoms. The number of pyridine rings is 1. The highest BCUT2D eigenvalue weighted by atomic mass is 16.1. The predicted octanol–water partition coefficient (Wildman–Crippen LogP) is 2.68. The summed E-state index contributed by atoms with van der Waals surface area (Å²) in [5.41, 5.74) is 3.46. The number of nitrogens with one attached hydrogen (secondary N) is 2. The first-order chi connectivity index (χ1) is 11.2. The molecule has 0 amide bonds. The molecule has 2 heterocycles. The van der Waals surface area contributed by atoms with Gasteiger partial charge in [-0.25, -0.2) is 4.98 Å². The number of aromatic amines is 1. The third kappa shape index (κ3) is 3.83. The Morgan fingerprint density at radius 1 is 1.09 bits per heavy atom. The van der Waals surface area contributed by atoms with Crippen LogP contribution in [-0.2, 0) is 13.0 Å². The number of benzene rings is 1. The minimum atomic E-state index is -0.102. The third-order valence-electron chi connectivity index (χ3n) is 3.63. The van der Waals surface area contributed by atoms with Crippen molar-refractivity contribution in [3.8, 4) is 0 Å². The Bertz CT molecular complexity index is 829. The van der Waals surface area contributed by atoms with E-state index in [0.29, 0.717) is 24.5 Å². The molecule has 0 aliphatic rings. The van der Waals surface area contributed by atoms with Crippen molar-refractivity contribution in [3.63, 3.8) is 0 Å². The standard InChI is InChI=1S/C18H18N4O/c1-13-16(10-14-6-3-2-4-7-14)17(23)22-18(21-13)20-12-15-8-5-9-19-11-15/h2-9,11H,10,12H2,1H3,(H2,20,21,22,23). The molecule has 0 spiro atoms. The van der Waals surface area contributed by atoms with Gasteiger partial charge in [0.15, 0.2) is 0 Å². The number of aromatic nitrogens is 3. The van der Waals surface area contributed by atoms with E-state index in [1.54, 1.807) is 12.4 Å². The normalized spacial score (nSPS) is 10.5. The smallest absolute Gasteiger partial charge is 0.256 e. The molecule has 0 atom stereocenters. The number of hydrogen-bond acceptors (Lipinski definition) is 4. The number of rotatable bonds is 5. The van der Waals surface area contributed by atoms with Gasteiger partial charge < -0.3 is 5.32 Å².